The Kier molecular flexibility index (Phi) is 6.26. The summed E-state index contributed by atoms with van der Waals surface area (Å²) in [6, 6.07) is 9.51. The molecule has 0 N–H and O–H groups in total. The predicted molar refractivity (Wildman–Crippen MR) is 94.5 cm³/mol. The highest BCUT2D eigenvalue weighted by Gasteiger charge is 2.15. The van der Waals surface area contributed by atoms with Gasteiger partial charge in [-0.25, -0.2) is 17.6 Å². The molecule has 138 valence electrons. The first-order chi connectivity index (χ1) is 12.2. The third kappa shape index (κ3) is 5.23. The van der Waals surface area contributed by atoms with Crippen molar-refractivity contribution in [3.8, 4) is 0 Å². The number of hydrogen-bond donors (Lipinski definition) is 0. The largest absolute Gasteiger partial charge is 0.462 e. The van der Waals surface area contributed by atoms with Crippen molar-refractivity contribution in [2.75, 3.05) is 12.9 Å². The molecular weight excluding hydrogens is 359 g/mol. The smallest absolute Gasteiger partial charge is 0.338 e. The zero-order valence-corrected chi connectivity index (χ0v) is 15.3. The molecule has 0 aliphatic carbocycles. The van der Waals surface area contributed by atoms with Crippen molar-refractivity contribution in [2.24, 2.45) is 0 Å². The van der Waals surface area contributed by atoms with E-state index < -0.39 is 21.6 Å². The summed E-state index contributed by atoms with van der Waals surface area (Å²) < 4.78 is 41.2. The van der Waals surface area contributed by atoms with Gasteiger partial charge in [0.15, 0.2) is 15.6 Å². The third-order valence-corrected chi connectivity index (χ3v) is 4.91. The van der Waals surface area contributed by atoms with Gasteiger partial charge in [0.2, 0.25) is 0 Å². The van der Waals surface area contributed by atoms with Gasteiger partial charge in [0, 0.05) is 18.2 Å². The molecule has 0 heterocycles. The van der Waals surface area contributed by atoms with Crippen LogP contribution in [-0.2, 0) is 14.6 Å². The second-order valence-corrected chi connectivity index (χ2v) is 7.93. The van der Waals surface area contributed by atoms with Crippen LogP contribution in [0.4, 0.5) is 4.39 Å². The molecule has 0 saturated heterocycles. The second-order valence-electron chi connectivity index (χ2n) is 5.92. The molecule has 0 spiro atoms. The number of Topliss-reactive ketones (excluding diaryl/α,β-unsaturated/α-hetero) is 1. The Hall–Kier alpha value is -2.54. The van der Waals surface area contributed by atoms with Crippen molar-refractivity contribution in [2.45, 2.75) is 24.7 Å². The highest BCUT2D eigenvalue weighted by atomic mass is 32.2. The van der Waals surface area contributed by atoms with Crippen molar-refractivity contribution in [1.29, 1.82) is 0 Å². The number of hydrogen-bond acceptors (Lipinski definition) is 5. The van der Waals surface area contributed by atoms with Crippen LogP contribution in [0.2, 0.25) is 0 Å². The molecule has 0 fully saturated rings. The first-order valence-electron chi connectivity index (χ1n) is 7.95. The molecule has 26 heavy (non-hydrogen) atoms. The van der Waals surface area contributed by atoms with E-state index in [0.29, 0.717) is 17.5 Å². The van der Waals surface area contributed by atoms with Gasteiger partial charge in [0.05, 0.1) is 17.1 Å². The number of halogens is 1. The zero-order valence-electron chi connectivity index (χ0n) is 14.5. The lowest BCUT2D eigenvalue weighted by Gasteiger charge is -2.09. The molecular formula is C19H19FO5S. The Labute approximate surface area is 151 Å². The number of benzene rings is 2. The van der Waals surface area contributed by atoms with Crippen LogP contribution in [0.15, 0.2) is 47.4 Å². The van der Waals surface area contributed by atoms with Gasteiger partial charge in [0.1, 0.15) is 5.82 Å². The van der Waals surface area contributed by atoms with Crippen LogP contribution in [0.25, 0.3) is 0 Å². The quantitative estimate of drug-likeness (QED) is 0.419. The molecule has 0 aliphatic heterocycles. The Morgan fingerprint density at radius 3 is 2.35 bits per heavy atom. The standard InChI is InChI=1S/C19H19FO5S/c1-13-5-10-16(26(2,23)24)12-17(13)19(22)25-11-3-4-18(21)14-6-8-15(20)9-7-14/h5-10,12H,3-4,11H2,1-2H3. The van der Waals surface area contributed by atoms with E-state index in [-0.39, 0.29) is 29.3 Å². The Balaban J connectivity index is 1.91. The molecule has 0 bridgehead atoms. The minimum absolute atomic E-state index is 0.0221. The SMILES string of the molecule is Cc1ccc(S(C)(=O)=O)cc1C(=O)OCCCC(=O)c1ccc(F)cc1. The van der Waals surface area contributed by atoms with Crippen molar-refractivity contribution in [3.05, 3.63) is 65.0 Å². The predicted octanol–water partition coefficient (Wildman–Crippen LogP) is 3.36. The van der Waals surface area contributed by atoms with E-state index in [1.54, 1.807) is 13.0 Å². The van der Waals surface area contributed by atoms with Crippen molar-refractivity contribution in [1.82, 2.24) is 0 Å². The minimum Gasteiger partial charge on any atom is -0.462 e. The molecule has 0 aromatic heterocycles. The van der Waals surface area contributed by atoms with Gasteiger partial charge in [-0.05, 0) is 55.3 Å². The number of sulfone groups is 1. The molecule has 0 saturated carbocycles. The fraction of sp³-hybridized carbons (Fsp3) is 0.263. The molecule has 5 nitrogen and oxygen atoms in total. The second kappa shape index (κ2) is 8.23. The monoisotopic (exact) mass is 378 g/mol. The van der Waals surface area contributed by atoms with Gasteiger partial charge in [-0.2, -0.15) is 0 Å². The average molecular weight is 378 g/mol. The number of esters is 1. The highest BCUT2D eigenvalue weighted by Crippen LogP contribution is 2.17. The van der Waals surface area contributed by atoms with E-state index in [9.17, 15) is 22.4 Å². The minimum atomic E-state index is -3.42. The van der Waals surface area contributed by atoms with Gasteiger partial charge in [-0.1, -0.05) is 6.07 Å². The van der Waals surface area contributed by atoms with Gasteiger partial charge in [-0.15, -0.1) is 0 Å². The maximum Gasteiger partial charge on any atom is 0.338 e. The maximum atomic E-state index is 12.8. The fourth-order valence-electron chi connectivity index (χ4n) is 2.31. The summed E-state index contributed by atoms with van der Waals surface area (Å²) in [5.74, 6) is -1.22. The van der Waals surface area contributed by atoms with Gasteiger partial charge >= 0.3 is 5.97 Å². The summed E-state index contributed by atoms with van der Waals surface area (Å²) in [6.45, 7) is 1.70. The summed E-state index contributed by atoms with van der Waals surface area (Å²) in [6.07, 6.45) is 1.53. The topological polar surface area (TPSA) is 77.5 Å². The van der Waals surface area contributed by atoms with E-state index in [4.69, 9.17) is 4.74 Å². The number of carbonyl (C=O) groups excluding carboxylic acids is 2. The number of aryl methyl sites for hydroxylation is 1. The van der Waals surface area contributed by atoms with E-state index in [1.165, 1.54) is 36.4 Å². The van der Waals surface area contributed by atoms with Crippen molar-refractivity contribution >= 4 is 21.6 Å². The van der Waals surface area contributed by atoms with E-state index in [2.05, 4.69) is 0 Å². The molecule has 0 radical (unpaired) electrons. The van der Waals surface area contributed by atoms with Crippen LogP contribution in [0.1, 0.15) is 39.1 Å². The van der Waals surface area contributed by atoms with Crippen LogP contribution in [0.5, 0.6) is 0 Å². The average Bonchev–Trinajstić information content (AvgIpc) is 2.58. The molecule has 2 aromatic carbocycles. The summed E-state index contributed by atoms with van der Waals surface area (Å²) in [5, 5.41) is 0. The Morgan fingerprint density at radius 1 is 1.08 bits per heavy atom. The lowest BCUT2D eigenvalue weighted by molar-refractivity contribution is 0.0493. The third-order valence-electron chi connectivity index (χ3n) is 3.80. The van der Waals surface area contributed by atoms with Gasteiger partial charge in [-0.3, -0.25) is 4.79 Å². The fourth-order valence-corrected chi connectivity index (χ4v) is 2.95. The summed E-state index contributed by atoms with van der Waals surface area (Å²) in [7, 11) is -3.42. The molecule has 2 rings (SSSR count). The Morgan fingerprint density at radius 2 is 1.73 bits per heavy atom. The zero-order chi connectivity index (χ0) is 19.3. The number of ketones is 1. The van der Waals surface area contributed by atoms with E-state index >= 15 is 0 Å². The molecule has 7 heteroatoms. The van der Waals surface area contributed by atoms with Gasteiger partial charge < -0.3 is 4.74 Å². The first kappa shape index (κ1) is 19.8. The van der Waals surface area contributed by atoms with Crippen LogP contribution in [-0.4, -0.2) is 33.0 Å². The van der Waals surface area contributed by atoms with Crippen molar-refractivity contribution in [3.63, 3.8) is 0 Å². The number of ether oxygens (including phenoxy) is 1. The molecule has 2 aromatic rings. The number of carbonyl (C=O) groups is 2. The van der Waals surface area contributed by atoms with Crippen LogP contribution in [0, 0.1) is 12.7 Å². The van der Waals surface area contributed by atoms with E-state index in [0.717, 1.165) is 6.26 Å². The normalized spacial score (nSPS) is 11.2. The lowest BCUT2D eigenvalue weighted by atomic mass is 10.1. The summed E-state index contributed by atoms with van der Waals surface area (Å²) >= 11 is 0. The highest BCUT2D eigenvalue weighted by molar-refractivity contribution is 7.90. The van der Waals surface area contributed by atoms with E-state index in [1.807, 2.05) is 0 Å². The summed E-state index contributed by atoms with van der Waals surface area (Å²) in [5.41, 5.74) is 1.18. The first-order valence-corrected chi connectivity index (χ1v) is 9.84. The van der Waals surface area contributed by atoms with Crippen molar-refractivity contribution < 1.29 is 27.1 Å². The molecule has 0 unspecified atom stereocenters. The Bertz CT molecular complexity index is 917. The molecule has 0 atom stereocenters. The molecule has 0 amide bonds. The van der Waals surface area contributed by atoms with Gasteiger partial charge in [0.25, 0.3) is 0 Å². The molecule has 0 aliphatic rings. The maximum absolute atomic E-state index is 12.8. The summed E-state index contributed by atoms with van der Waals surface area (Å²) in [4.78, 5) is 24.1. The lowest BCUT2D eigenvalue weighted by Crippen LogP contribution is -2.11. The van der Waals surface area contributed by atoms with Crippen LogP contribution >= 0.6 is 0 Å². The van der Waals surface area contributed by atoms with Crippen LogP contribution in [0.3, 0.4) is 0 Å². The number of rotatable bonds is 7. The van der Waals surface area contributed by atoms with Crippen LogP contribution < -0.4 is 0 Å².